The number of hydrogen-bond donors (Lipinski definition) is 1. The second kappa shape index (κ2) is 10.4. The lowest BCUT2D eigenvalue weighted by Gasteiger charge is -2.22. The Kier molecular flexibility index (Phi) is 7.09. The second-order valence-corrected chi connectivity index (χ2v) is 8.23. The van der Waals surface area contributed by atoms with Crippen LogP contribution in [0.4, 0.5) is 0 Å². The molecule has 34 heavy (non-hydrogen) atoms. The molecule has 6 nitrogen and oxygen atoms in total. The number of rotatable bonds is 8. The lowest BCUT2D eigenvalue weighted by Crippen LogP contribution is -2.37. The van der Waals surface area contributed by atoms with E-state index in [9.17, 15) is 14.7 Å². The Balaban J connectivity index is 1.71. The van der Waals surface area contributed by atoms with Gasteiger partial charge in [-0.2, -0.15) is 0 Å². The highest BCUT2D eigenvalue weighted by molar-refractivity contribution is 6.30. The fraction of sp³-hybridized carbons (Fsp3) is 0.148. The minimum Gasteiger partial charge on any atom is -0.497 e. The van der Waals surface area contributed by atoms with Gasteiger partial charge >= 0.3 is 5.97 Å². The number of ether oxygens (including phenoxy) is 1. The summed E-state index contributed by atoms with van der Waals surface area (Å²) in [6, 6.07) is 23.8. The number of aromatic nitrogens is 1. The minimum absolute atomic E-state index is 0.251. The highest BCUT2D eigenvalue weighted by Crippen LogP contribution is 2.27. The van der Waals surface area contributed by atoms with Crippen molar-refractivity contribution in [1.29, 1.82) is 0 Å². The Labute approximate surface area is 202 Å². The maximum absolute atomic E-state index is 13.6. The molecular weight excluding hydrogens is 452 g/mol. The number of nitrogens with zero attached hydrogens (tertiary/aromatic N) is 2. The van der Waals surface area contributed by atoms with Gasteiger partial charge in [-0.3, -0.25) is 9.59 Å². The van der Waals surface area contributed by atoms with Crippen LogP contribution in [0.3, 0.4) is 0 Å². The first kappa shape index (κ1) is 23.3. The van der Waals surface area contributed by atoms with E-state index < -0.39 is 12.5 Å². The van der Waals surface area contributed by atoms with Crippen LogP contribution in [0.15, 0.2) is 78.9 Å². The Morgan fingerprint density at radius 1 is 1.00 bits per heavy atom. The van der Waals surface area contributed by atoms with Gasteiger partial charge in [0.15, 0.2) is 0 Å². The molecule has 4 aromatic rings. The summed E-state index contributed by atoms with van der Waals surface area (Å²) in [5.41, 5.74) is 3.48. The number of halogens is 1. The molecule has 0 saturated heterocycles. The molecular formula is C27H23ClN2O4. The maximum Gasteiger partial charge on any atom is 0.323 e. The van der Waals surface area contributed by atoms with E-state index in [2.05, 4.69) is 0 Å². The van der Waals surface area contributed by atoms with Crippen LogP contribution < -0.4 is 4.74 Å². The molecule has 7 heteroatoms. The molecule has 0 saturated carbocycles. The summed E-state index contributed by atoms with van der Waals surface area (Å²) in [7, 11) is 1.60. The quantitative estimate of drug-likeness (QED) is 0.373. The molecule has 0 aliphatic heterocycles. The summed E-state index contributed by atoms with van der Waals surface area (Å²) in [6.45, 7) is -0.151. The minimum atomic E-state index is -1.07. The van der Waals surface area contributed by atoms with E-state index in [1.54, 1.807) is 25.3 Å². The molecule has 0 radical (unpaired) electrons. The van der Waals surface area contributed by atoms with Crippen LogP contribution in [-0.4, -0.2) is 47.1 Å². The zero-order chi connectivity index (χ0) is 24.1. The average Bonchev–Trinajstić information content (AvgIpc) is 2.86. The number of para-hydroxylation sites is 1. The van der Waals surface area contributed by atoms with Gasteiger partial charge in [-0.1, -0.05) is 41.9 Å². The standard InChI is InChI=1S/C27H23ClN2O4/c1-34-21-12-8-19(9-13-21)25-16-23(22-4-2-3-5-24(22)29-25)27(33)30(17-26(31)32)15-14-18-6-10-20(28)11-7-18/h2-13,16H,14-15,17H2,1H3,(H,31,32). The Morgan fingerprint density at radius 2 is 1.71 bits per heavy atom. The third-order valence-corrected chi connectivity index (χ3v) is 5.78. The third kappa shape index (κ3) is 5.35. The van der Waals surface area contributed by atoms with Crippen LogP contribution >= 0.6 is 11.6 Å². The molecule has 0 spiro atoms. The van der Waals surface area contributed by atoms with E-state index in [0.29, 0.717) is 33.6 Å². The van der Waals surface area contributed by atoms with Crippen molar-refractivity contribution in [2.75, 3.05) is 20.2 Å². The SMILES string of the molecule is COc1ccc(-c2cc(C(=O)N(CCc3ccc(Cl)cc3)CC(=O)O)c3ccccc3n2)cc1. The molecule has 1 N–H and O–H groups in total. The van der Waals surface area contributed by atoms with Crippen LogP contribution in [0.2, 0.25) is 5.02 Å². The second-order valence-electron chi connectivity index (χ2n) is 7.80. The van der Waals surface area contributed by atoms with E-state index >= 15 is 0 Å². The summed E-state index contributed by atoms with van der Waals surface area (Å²) >= 11 is 5.96. The molecule has 1 heterocycles. The molecule has 1 amide bonds. The van der Waals surface area contributed by atoms with Gasteiger partial charge in [0, 0.05) is 22.5 Å². The largest absolute Gasteiger partial charge is 0.497 e. The summed E-state index contributed by atoms with van der Waals surface area (Å²) in [4.78, 5) is 31.3. The molecule has 3 aromatic carbocycles. The number of fused-ring (bicyclic) bond motifs is 1. The molecule has 0 unspecified atom stereocenters. The Hall–Kier alpha value is -3.90. The fourth-order valence-electron chi connectivity index (χ4n) is 3.76. The molecule has 0 fully saturated rings. The Bertz CT molecular complexity index is 1320. The van der Waals surface area contributed by atoms with Gasteiger partial charge in [-0.05, 0) is 60.5 Å². The highest BCUT2D eigenvalue weighted by atomic mass is 35.5. The first-order chi connectivity index (χ1) is 16.4. The lowest BCUT2D eigenvalue weighted by molar-refractivity contribution is -0.137. The number of hydrogen-bond acceptors (Lipinski definition) is 4. The smallest absolute Gasteiger partial charge is 0.323 e. The molecule has 172 valence electrons. The number of carbonyl (C=O) groups excluding carboxylic acids is 1. The van der Waals surface area contributed by atoms with Gasteiger partial charge < -0.3 is 14.7 Å². The molecule has 0 atom stereocenters. The number of carboxylic acids is 1. The number of pyridine rings is 1. The Morgan fingerprint density at radius 3 is 2.38 bits per heavy atom. The van der Waals surface area contributed by atoms with Gasteiger partial charge in [0.05, 0.1) is 23.9 Å². The van der Waals surface area contributed by atoms with Crippen molar-refractivity contribution in [2.24, 2.45) is 0 Å². The van der Waals surface area contributed by atoms with Crippen LogP contribution in [-0.2, 0) is 11.2 Å². The molecule has 0 bridgehead atoms. The first-order valence-corrected chi connectivity index (χ1v) is 11.1. The third-order valence-electron chi connectivity index (χ3n) is 5.53. The van der Waals surface area contributed by atoms with Crippen molar-refractivity contribution in [1.82, 2.24) is 9.88 Å². The average molecular weight is 475 g/mol. The summed E-state index contributed by atoms with van der Waals surface area (Å²) in [5, 5.41) is 10.8. The van der Waals surface area contributed by atoms with Crippen molar-refractivity contribution in [3.05, 3.63) is 95.0 Å². The molecule has 0 aliphatic rings. The van der Waals surface area contributed by atoms with E-state index in [-0.39, 0.29) is 12.5 Å². The predicted octanol–water partition coefficient (Wildman–Crippen LogP) is 5.33. The monoisotopic (exact) mass is 474 g/mol. The van der Waals surface area contributed by atoms with Crippen molar-refractivity contribution < 1.29 is 19.4 Å². The predicted molar refractivity (Wildman–Crippen MR) is 132 cm³/mol. The normalized spacial score (nSPS) is 10.8. The van der Waals surface area contributed by atoms with Crippen LogP contribution in [0.1, 0.15) is 15.9 Å². The van der Waals surface area contributed by atoms with E-state index in [1.165, 1.54) is 4.90 Å². The highest BCUT2D eigenvalue weighted by Gasteiger charge is 2.22. The summed E-state index contributed by atoms with van der Waals surface area (Å²) in [6.07, 6.45) is 0.505. The number of aliphatic carboxylic acids is 1. The fourth-order valence-corrected chi connectivity index (χ4v) is 3.89. The van der Waals surface area contributed by atoms with Gasteiger partial charge in [-0.25, -0.2) is 4.98 Å². The zero-order valence-corrected chi connectivity index (χ0v) is 19.3. The lowest BCUT2D eigenvalue weighted by atomic mass is 10.0. The molecule has 4 rings (SSSR count). The summed E-state index contributed by atoms with van der Waals surface area (Å²) < 4.78 is 5.23. The topological polar surface area (TPSA) is 79.7 Å². The van der Waals surface area contributed by atoms with Crippen molar-refractivity contribution in [3.8, 4) is 17.0 Å². The van der Waals surface area contributed by atoms with Gasteiger partial charge in [0.1, 0.15) is 12.3 Å². The van der Waals surface area contributed by atoms with Crippen molar-refractivity contribution in [2.45, 2.75) is 6.42 Å². The van der Waals surface area contributed by atoms with Crippen LogP contribution in [0.25, 0.3) is 22.2 Å². The van der Waals surface area contributed by atoms with Crippen molar-refractivity contribution >= 4 is 34.4 Å². The summed E-state index contributed by atoms with van der Waals surface area (Å²) in [5.74, 6) is -0.710. The molecule has 1 aromatic heterocycles. The molecule has 0 aliphatic carbocycles. The first-order valence-electron chi connectivity index (χ1n) is 10.7. The van der Waals surface area contributed by atoms with Gasteiger partial charge in [-0.15, -0.1) is 0 Å². The number of amides is 1. The van der Waals surface area contributed by atoms with E-state index in [0.717, 1.165) is 16.9 Å². The van der Waals surface area contributed by atoms with Gasteiger partial charge in [0.25, 0.3) is 5.91 Å². The maximum atomic E-state index is 13.6. The van der Waals surface area contributed by atoms with E-state index in [1.807, 2.05) is 60.7 Å². The number of benzene rings is 3. The van der Waals surface area contributed by atoms with Crippen LogP contribution in [0, 0.1) is 0 Å². The van der Waals surface area contributed by atoms with E-state index in [4.69, 9.17) is 21.3 Å². The van der Waals surface area contributed by atoms with Crippen molar-refractivity contribution in [3.63, 3.8) is 0 Å². The number of carbonyl (C=O) groups is 2. The zero-order valence-electron chi connectivity index (χ0n) is 18.6. The van der Waals surface area contributed by atoms with Gasteiger partial charge in [0.2, 0.25) is 0 Å². The number of carboxylic acid groups (broad SMARTS) is 1. The van der Waals surface area contributed by atoms with Crippen LogP contribution in [0.5, 0.6) is 5.75 Å². The number of methoxy groups -OCH3 is 1.